The first kappa shape index (κ1) is 11.7. The normalized spacial score (nSPS) is 11.1. The molecule has 0 radical (unpaired) electrons. The van der Waals surface area contributed by atoms with Gasteiger partial charge in [0.1, 0.15) is 0 Å². The number of nitrogens with zero attached hydrogens (tertiary/aromatic N) is 1. The van der Waals surface area contributed by atoms with E-state index in [4.69, 9.17) is 0 Å². The van der Waals surface area contributed by atoms with Crippen LogP contribution in [0.2, 0.25) is 0 Å². The second kappa shape index (κ2) is 6.14. The van der Waals surface area contributed by atoms with Gasteiger partial charge in [-0.15, -0.1) is 11.3 Å². The van der Waals surface area contributed by atoms with Crippen LogP contribution in [0.1, 0.15) is 31.5 Å². The van der Waals surface area contributed by atoms with E-state index >= 15 is 0 Å². The van der Waals surface area contributed by atoms with Gasteiger partial charge in [-0.3, -0.25) is 0 Å². The van der Waals surface area contributed by atoms with Gasteiger partial charge in [0.2, 0.25) is 0 Å². The van der Waals surface area contributed by atoms with E-state index in [1.807, 2.05) is 0 Å². The summed E-state index contributed by atoms with van der Waals surface area (Å²) in [6.45, 7) is 8.76. The van der Waals surface area contributed by atoms with Gasteiger partial charge in [-0.1, -0.05) is 20.8 Å². The molecule has 0 bridgehead atoms. The molecule has 0 unspecified atom stereocenters. The van der Waals surface area contributed by atoms with Crippen LogP contribution in [-0.2, 0) is 12.8 Å². The van der Waals surface area contributed by atoms with E-state index in [2.05, 4.69) is 36.5 Å². The van der Waals surface area contributed by atoms with Gasteiger partial charge < -0.3 is 5.32 Å². The number of nitrogens with one attached hydrogen (secondary N) is 1. The van der Waals surface area contributed by atoms with Crippen LogP contribution in [-0.4, -0.2) is 18.1 Å². The molecule has 3 heteroatoms. The van der Waals surface area contributed by atoms with E-state index in [1.165, 1.54) is 10.7 Å². The van der Waals surface area contributed by atoms with E-state index in [9.17, 15) is 0 Å². The summed E-state index contributed by atoms with van der Waals surface area (Å²) in [6.07, 6.45) is 2.12. The monoisotopic (exact) mass is 212 g/mol. The zero-order valence-electron chi connectivity index (χ0n) is 9.34. The highest BCUT2D eigenvalue weighted by molar-refractivity contribution is 7.09. The largest absolute Gasteiger partial charge is 0.316 e. The van der Waals surface area contributed by atoms with Gasteiger partial charge in [-0.05, 0) is 18.9 Å². The number of aromatic nitrogens is 1. The van der Waals surface area contributed by atoms with Gasteiger partial charge in [-0.25, -0.2) is 4.98 Å². The van der Waals surface area contributed by atoms with Crippen LogP contribution >= 0.6 is 11.3 Å². The molecule has 1 heterocycles. The van der Waals surface area contributed by atoms with Crippen LogP contribution in [0.15, 0.2) is 5.38 Å². The van der Waals surface area contributed by atoms with Crippen molar-refractivity contribution in [3.8, 4) is 0 Å². The smallest absolute Gasteiger partial charge is 0.0925 e. The van der Waals surface area contributed by atoms with Gasteiger partial charge in [0, 0.05) is 18.3 Å². The Labute approximate surface area is 90.8 Å². The van der Waals surface area contributed by atoms with Crippen molar-refractivity contribution in [1.82, 2.24) is 10.3 Å². The van der Waals surface area contributed by atoms with Crippen LogP contribution in [0.3, 0.4) is 0 Å². The lowest BCUT2D eigenvalue weighted by Gasteiger charge is -2.05. The molecule has 1 aromatic rings. The Balaban J connectivity index is 2.18. The molecule has 80 valence electrons. The van der Waals surface area contributed by atoms with Gasteiger partial charge in [0.05, 0.1) is 10.7 Å². The van der Waals surface area contributed by atoms with Crippen LogP contribution in [0.5, 0.6) is 0 Å². The van der Waals surface area contributed by atoms with Crippen molar-refractivity contribution in [2.75, 3.05) is 13.1 Å². The molecule has 0 aliphatic rings. The first-order valence-corrected chi connectivity index (χ1v) is 6.24. The van der Waals surface area contributed by atoms with Crippen molar-refractivity contribution in [1.29, 1.82) is 0 Å². The number of aryl methyl sites for hydroxylation is 1. The summed E-state index contributed by atoms with van der Waals surface area (Å²) in [5.74, 6) is 0.733. The summed E-state index contributed by atoms with van der Waals surface area (Å²) in [4.78, 5) is 4.52. The van der Waals surface area contributed by atoms with Gasteiger partial charge in [0.25, 0.3) is 0 Å². The van der Waals surface area contributed by atoms with Crippen molar-refractivity contribution in [3.63, 3.8) is 0 Å². The molecule has 0 aromatic carbocycles. The SMILES string of the molecule is CCc1nc(CCNCC(C)C)cs1. The zero-order chi connectivity index (χ0) is 10.4. The minimum Gasteiger partial charge on any atom is -0.316 e. The molecule has 0 spiro atoms. The van der Waals surface area contributed by atoms with E-state index in [1.54, 1.807) is 11.3 Å². The molecule has 14 heavy (non-hydrogen) atoms. The first-order chi connectivity index (χ1) is 6.72. The molecular formula is C11H20N2S. The third-order valence-corrected chi connectivity index (χ3v) is 3.05. The van der Waals surface area contributed by atoms with Crippen molar-refractivity contribution < 1.29 is 0 Å². The number of rotatable bonds is 6. The van der Waals surface area contributed by atoms with Gasteiger partial charge >= 0.3 is 0 Å². The highest BCUT2D eigenvalue weighted by atomic mass is 32.1. The summed E-state index contributed by atoms with van der Waals surface area (Å²) in [6, 6.07) is 0. The van der Waals surface area contributed by atoms with Crippen LogP contribution in [0.4, 0.5) is 0 Å². The lowest BCUT2D eigenvalue weighted by molar-refractivity contribution is 0.553. The average molecular weight is 212 g/mol. The Morgan fingerprint density at radius 3 is 2.86 bits per heavy atom. The maximum atomic E-state index is 4.52. The molecule has 0 aliphatic carbocycles. The molecular weight excluding hydrogens is 192 g/mol. The molecule has 1 rings (SSSR count). The molecule has 0 amide bonds. The summed E-state index contributed by atoms with van der Waals surface area (Å²) >= 11 is 1.77. The Kier molecular flexibility index (Phi) is 5.12. The van der Waals surface area contributed by atoms with Crippen molar-refractivity contribution in [3.05, 3.63) is 16.1 Å². The Morgan fingerprint density at radius 1 is 1.50 bits per heavy atom. The fourth-order valence-corrected chi connectivity index (χ4v) is 2.01. The maximum absolute atomic E-state index is 4.52. The Hall–Kier alpha value is -0.410. The van der Waals surface area contributed by atoms with Crippen LogP contribution in [0, 0.1) is 5.92 Å². The third-order valence-electron chi connectivity index (χ3n) is 2.01. The second-order valence-electron chi connectivity index (χ2n) is 3.93. The lowest BCUT2D eigenvalue weighted by atomic mass is 10.2. The predicted octanol–water partition coefficient (Wildman–Crippen LogP) is 2.49. The molecule has 2 nitrogen and oxygen atoms in total. The highest BCUT2D eigenvalue weighted by Crippen LogP contribution is 2.10. The average Bonchev–Trinajstić information content (AvgIpc) is 2.60. The molecule has 0 atom stereocenters. The number of hydrogen-bond donors (Lipinski definition) is 1. The zero-order valence-corrected chi connectivity index (χ0v) is 10.2. The molecule has 0 aliphatic heterocycles. The highest BCUT2D eigenvalue weighted by Gasteiger charge is 1.99. The van der Waals surface area contributed by atoms with Crippen LogP contribution in [0.25, 0.3) is 0 Å². The van der Waals surface area contributed by atoms with Crippen molar-refractivity contribution in [2.45, 2.75) is 33.6 Å². The van der Waals surface area contributed by atoms with Crippen molar-refractivity contribution in [2.24, 2.45) is 5.92 Å². The minimum atomic E-state index is 0.733. The fourth-order valence-electron chi connectivity index (χ4n) is 1.23. The molecule has 0 fully saturated rings. The quantitative estimate of drug-likeness (QED) is 0.733. The Bertz CT molecular complexity index is 256. The van der Waals surface area contributed by atoms with Gasteiger partial charge in [0.15, 0.2) is 0 Å². The number of thiazole rings is 1. The number of hydrogen-bond acceptors (Lipinski definition) is 3. The molecule has 0 saturated heterocycles. The van der Waals surface area contributed by atoms with E-state index < -0.39 is 0 Å². The van der Waals surface area contributed by atoms with Gasteiger partial charge in [-0.2, -0.15) is 0 Å². The molecule has 1 N–H and O–H groups in total. The van der Waals surface area contributed by atoms with Crippen LogP contribution < -0.4 is 5.32 Å². The van der Waals surface area contributed by atoms with E-state index in [-0.39, 0.29) is 0 Å². The third kappa shape index (κ3) is 4.20. The molecule has 0 saturated carbocycles. The lowest BCUT2D eigenvalue weighted by Crippen LogP contribution is -2.22. The summed E-state index contributed by atoms with van der Waals surface area (Å²) in [5, 5.41) is 6.86. The summed E-state index contributed by atoms with van der Waals surface area (Å²) < 4.78 is 0. The Morgan fingerprint density at radius 2 is 2.29 bits per heavy atom. The van der Waals surface area contributed by atoms with E-state index in [0.29, 0.717) is 0 Å². The van der Waals surface area contributed by atoms with Crippen molar-refractivity contribution >= 4 is 11.3 Å². The minimum absolute atomic E-state index is 0.733. The summed E-state index contributed by atoms with van der Waals surface area (Å²) in [5.41, 5.74) is 1.24. The first-order valence-electron chi connectivity index (χ1n) is 5.36. The maximum Gasteiger partial charge on any atom is 0.0925 e. The predicted molar refractivity (Wildman–Crippen MR) is 62.9 cm³/mol. The standard InChI is InChI=1S/C11H20N2S/c1-4-11-13-10(8-14-11)5-6-12-7-9(2)3/h8-9,12H,4-7H2,1-3H3. The fraction of sp³-hybridized carbons (Fsp3) is 0.727. The second-order valence-corrected chi connectivity index (χ2v) is 4.88. The summed E-state index contributed by atoms with van der Waals surface area (Å²) in [7, 11) is 0. The topological polar surface area (TPSA) is 24.9 Å². The molecule has 1 aromatic heterocycles. The van der Waals surface area contributed by atoms with E-state index in [0.717, 1.165) is 31.8 Å².